The second-order valence-corrected chi connectivity index (χ2v) is 4.31. The molecule has 7 heteroatoms. The molecule has 1 N–H and O–H groups in total. The molecule has 0 saturated carbocycles. The van der Waals surface area contributed by atoms with Crippen LogP contribution in [0.5, 0.6) is 5.75 Å². The third-order valence-corrected chi connectivity index (χ3v) is 3.18. The molecule has 7 nitrogen and oxygen atoms in total. The Balaban J connectivity index is 2.51. The lowest BCUT2D eigenvalue weighted by atomic mass is 9.92. The lowest BCUT2D eigenvalue weighted by Crippen LogP contribution is -2.10. The van der Waals surface area contributed by atoms with Crippen molar-refractivity contribution in [3.8, 4) is 5.75 Å². The summed E-state index contributed by atoms with van der Waals surface area (Å²) in [5.41, 5.74) is 0.938. The summed E-state index contributed by atoms with van der Waals surface area (Å²) < 4.78 is 9.97. The van der Waals surface area contributed by atoms with E-state index in [2.05, 4.69) is 0 Å². The summed E-state index contributed by atoms with van der Waals surface area (Å²) in [6.45, 7) is 2.57. The fourth-order valence-electron chi connectivity index (χ4n) is 2.34. The Morgan fingerprint density at radius 1 is 1.58 bits per heavy atom. The predicted molar refractivity (Wildman–Crippen MR) is 64.7 cm³/mol. The Labute approximate surface area is 108 Å². The molecule has 1 aromatic carbocycles. The number of nitrogens with zero attached hydrogens (tertiary/aromatic N) is 1. The van der Waals surface area contributed by atoms with E-state index in [1.807, 2.05) is 0 Å². The first kappa shape index (κ1) is 13.3. The molecule has 1 saturated heterocycles. The van der Waals surface area contributed by atoms with Crippen molar-refractivity contribution in [1.82, 2.24) is 0 Å². The van der Waals surface area contributed by atoms with E-state index >= 15 is 0 Å². The number of hydrogen-bond acceptors (Lipinski definition) is 5. The minimum Gasteiger partial charge on any atom is -0.449 e. The molecule has 1 fully saturated rings. The molecule has 0 bridgehead atoms. The zero-order valence-corrected chi connectivity index (χ0v) is 10.3. The number of nitro benzene ring substituents is 1. The predicted octanol–water partition coefficient (Wildman–Crippen LogP) is 2.46. The molecule has 1 heterocycles. The summed E-state index contributed by atoms with van der Waals surface area (Å²) in [6, 6.07) is 2.58. The monoisotopic (exact) mass is 267 g/mol. The summed E-state index contributed by atoms with van der Waals surface area (Å²) in [5, 5.41) is 19.7. The van der Waals surface area contributed by atoms with E-state index in [0.29, 0.717) is 30.8 Å². The van der Waals surface area contributed by atoms with E-state index in [4.69, 9.17) is 14.6 Å². The molecule has 1 unspecified atom stereocenters. The van der Waals surface area contributed by atoms with Crippen molar-refractivity contribution in [3.63, 3.8) is 0 Å². The van der Waals surface area contributed by atoms with Gasteiger partial charge < -0.3 is 14.6 Å². The van der Waals surface area contributed by atoms with Gasteiger partial charge in [0.25, 0.3) is 5.69 Å². The van der Waals surface area contributed by atoms with Crippen LogP contribution in [0, 0.1) is 17.0 Å². The van der Waals surface area contributed by atoms with E-state index in [1.165, 1.54) is 12.1 Å². The molecule has 1 aliphatic rings. The van der Waals surface area contributed by atoms with Gasteiger partial charge in [0.1, 0.15) is 5.75 Å². The van der Waals surface area contributed by atoms with E-state index in [9.17, 15) is 14.9 Å². The molecule has 19 heavy (non-hydrogen) atoms. The third-order valence-electron chi connectivity index (χ3n) is 3.18. The maximum Gasteiger partial charge on any atom is 0.511 e. The summed E-state index contributed by atoms with van der Waals surface area (Å²) in [4.78, 5) is 21.1. The number of carboxylic acid groups (broad SMARTS) is 1. The summed E-state index contributed by atoms with van der Waals surface area (Å²) in [5.74, 6) is 0.0698. The lowest BCUT2D eigenvalue weighted by molar-refractivity contribution is -0.385. The Bertz CT molecular complexity index is 521. The van der Waals surface area contributed by atoms with E-state index < -0.39 is 11.1 Å². The third kappa shape index (κ3) is 2.65. The first-order valence-electron chi connectivity index (χ1n) is 5.77. The normalized spacial score (nSPS) is 18.3. The van der Waals surface area contributed by atoms with Crippen molar-refractivity contribution in [2.75, 3.05) is 13.2 Å². The van der Waals surface area contributed by atoms with Crippen LogP contribution in [0.4, 0.5) is 10.5 Å². The number of hydrogen-bond donors (Lipinski definition) is 1. The summed E-state index contributed by atoms with van der Waals surface area (Å²) >= 11 is 0. The molecular formula is C12H13NO6. The average molecular weight is 267 g/mol. The largest absolute Gasteiger partial charge is 0.511 e. The van der Waals surface area contributed by atoms with Crippen molar-refractivity contribution in [2.45, 2.75) is 19.3 Å². The molecule has 0 aliphatic carbocycles. The zero-order valence-electron chi connectivity index (χ0n) is 10.3. The first-order valence-corrected chi connectivity index (χ1v) is 5.77. The van der Waals surface area contributed by atoms with Gasteiger partial charge in [0.15, 0.2) is 0 Å². The van der Waals surface area contributed by atoms with Crippen LogP contribution >= 0.6 is 0 Å². The zero-order chi connectivity index (χ0) is 14.0. The van der Waals surface area contributed by atoms with E-state index in [1.54, 1.807) is 6.92 Å². The number of carbonyl (C=O) groups is 1. The van der Waals surface area contributed by atoms with Gasteiger partial charge in [-0.15, -0.1) is 0 Å². The highest BCUT2D eigenvalue weighted by Crippen LogP contribution is 2.38. The van der Waals surface area contributed by atoms with Gasteiger partial charge in [-0.1, -0.05) is 0 Å². The number of nitro groups is 1. The lowest BCUT2D eigenvalue weighted by Gasteiger charge is -2.15. The molecular weight excluding hydrogens is 254 g/mol. The highest BCUT2D eigenvalue weighted by Gasteiger charge is 2.28. The average Bonchev–Trinajstić information content (AvgIpc) is 2.81. The van der Waals surface area contributed by atoms with Crippen LogP contribution in [0.25, 0.3) is 0 Å². The number of benzene rings is 1. The van der Waals surface area contributed by atoms with Crippen molar-refractivity contribution in [3.05, 3.63) is 33.4 Å². The maximum absolute atomic E-state index is 10.9. The number of ether oxygens (including phenoxy) is 2. The van der Waals surface area contributed by atoms with Gasteiger partial charge in [0.2, 0.25) is 0 Å². The summed E-state index contributed by atoms with van der Waals surface area (Å²) in [7, 11) is 0. The van der Waals surface area contributed by atoms with Crippen LogP contribution in [0.15, 0.2) is 12.1 Å². The second kappa shape index (κ2) is 5.23. The van der Waals surface area contributed by atoms with Gasteiger partial charge in [-0.2, -0.15) is 0 Å². The van der Waals surface area contributed by atoms with Crippen LogP contribution in [0.3, 0.4) is 0 Å². The minimum atomic E-state index is -1.44. The molecule has 0 radical (unpaired) electrons. The Morgan fingerprint density at radius 2 is 2.32 bits per heavy atom. The fraction of sp³-hybridized carbons (Fsp3) is 0.417. The highest BCUT2D eigenvalue weighted by molar-refractivity contribution is 5.64. The summed E-state index contributed by atoms with van der Waals surface area (Å²) in [6.07, 6.45) is -0.744. The molecule has 1 atom stereocenters. The van der Waals surface area contributed by atoms with Gasteiger partial charge >= 0.3 is 6.16 Å². The van der Waals surface area contributed by atoms with Gasteiger partial charge in [-0.25, -0.2) is 4.79 Å². The van der Waals surface area contributed by atoms with Gasteiger partial charge in [0, 0.05) is 29.7 Å². The van der Waals surface area contributed by atoms with E-state index in [0.717, 1.165) is 0 Å². The van der Waals surface area contributed by atoms with Crippen molar-refractivity contribution < 1.29 is 24.3 Å². The van der Waals surface area contributed by atoms with Crippen molar-refractivity contribution >= 4 is 11.8 Å². The molecule has 1 aromatic rings. The molecule has 0 spiro atoms. The minimum absolute atomic E-state index is 0.0420. The van der Waals surface area contributed by atoms with Crippen molar-refractivity contribution in [2.24, 2.45) is 0 Å². The smallest absolute Gasteiger partial charge is 0.449 e. The van der Waals surface area contributed by atoms with Crippen molar-refractivity contribution in [1.29, 1.82) is 0 Å². The standard InChI is InChI=1S/C12H13NO6/c1-7-9(13(16)17)2-3-10(19-12(14)15)11(7)8-4-5-18-6-8/h2-3,8H,4-6H2,1H3,(H,14,15). The Kier molecular flexibility index (Phi) is 3.66. The molecule has 0 amide bonds. The Morgan fingerprint density at radius 3 is 2.84 bits per heavy atom. The number of rotatable bonds is 3. The van der Waals surface area contributed by atoms with Gasteiger partial charge in [0.05, 0.1) is 11.5 Å². The molecule has 102 valence electrons. The van der Waals surface area contributed by atoms with Crippen LogP contribution in [0.2, 0.25) is 0 Å². The molecule has 0 aromatic heterocycles. The Hall–Kier alpha value is -2.15. The van der Waals surface area contributed by atoms with E-state index in [-0.39, 0.29) is 17.4 Å². The maximum atomic E-state index is 10.9. The fourth-order valence-corrected chi connectivity index (χ4v) is 2.34. The van der Waals surface area contributed by atoms with Gasteiger partial charge in [-0.3, -0.25) is 10.1 Å². The molecule has 2 rings (SSSR count). The van der Waals surface area contributed by atoms with Gasteiger partial charge in [-0.05, 0) is 19.4 Å². The first-order chi connectivity index (χ1) is 9.00. The van der Waals surface area contributed by atoms with Crippen LogP contribution in [-0.2, 0) is 4.74 Å². The quantitative estimate of drug-likeness (QED) is 0.391. The second-order valence-electron chi connectivity index (χ2n) is 4.31. The van der Waals surface area contributed by atoms with Crippen LogP contribution in [-0.4, -0.2) is 29.4 Å². The molecule has 1 aliphatic heterocycles. The topological polar surface area (TPSA) is 98.9 Å². The highest BCUT2D eigenvalue weighted by atomic mass is 16.7. The van der Waals surface area contributed by atoms with Crippen LogP contribution in [0.1, 0.15) is 23.5 Å². The van der Waals surface area contributed by atoms with Crippen LogP contribution < -0.4 is 4.74 Å². The SMILES string of the molecule is Cc1c([N+](=O)[O-])ccc(OC(=O)O)c1C1CCOC1.